The van der Waals surface area contributed by atoms with E-state index in [-0.39, 0.29) is 38.4 Å². The summed E-state index contributed by atoms with van der Waals surface area (Å²) in [6, 6.07) is 11.6. The number of hydrogen-bond donors (Lipinski definition) is 3. The van der Waals surface area contributed by atoms with Crippen LogP contribution in [0, 0.1) is 0 Å². The standard InChI is InChI=1S/C19H12Cl2F3N3O4S.C18H10Cl2F3N3O4S/c1-31-18-12(3-2-6-25-18)17(28)16-15(7-10(20)9-26-16)27-32(29,30)11-4-5-14(21)13(8-11)19(22,23)24;19-9-6-14(15(25-8-9)16(27)11-2-1-5-24-17(11)28)26-31(29,30)10-3-4-13(20)12(7-10)18(21,22)23/h2-9,27H,1H3;1-8,26H,(H,24,28). The molecule has 0 bridgehead atoms. The number of anilines is 2. The average molecular weight is 999 g/mol. The van der Waals surface area contributed by atoms with Gasteiger partial charge in [0.15, 0.2) is 0 Å². The zero-order chi connectivity index (χ0) is 46.7. The molecule has 0 unspecified atom stereocenters. The molecule has 6 aromatic rings. The summed E-state index contributed by atoms with van der Waals surface area (Å²) in [6.07, 6.45) is -4.94. The Morgan fingerprint density at radius 3 is 1.52 bits per heavy atom. The predicted molar refractivity (Wildman–Crippen MR) is 218 cm³/mol. The number of halogens is 10. The molecular weight excluding hydrogens is 976 g/mol. The maximum absolute atomic E-state index is 13.1. The van der Waals surface area contributed by atoms with E-state index in [9.17, 15) is 57.6 Å². The van der Waals surface area contributed by atoms with E-state index in [1.165, 1.54) is 43.8 Å². The molecule has 3 N–H and O–H groups in total. The van der Waals surface area contributed by atoms with Crippen LogP contribution < -0.4 is 19.7 Å². The summed E-state index contributed by atoms with van der Waals surface area (Å²) in [6.45, 7) is 0. The van der Waals surface area contributed by atoms with Gasteiger partial charge in [-0.3, -0.25) is 23.8 Å². The van der Waals surface area contributed by atoms with Gasteiger partial charge in [-0.2, -0.15) is 26.3 Å². The summed E-state index contributed by atoms with van der Waals surface area (Å²) < 4.78 is 139. The monoisotopic (exact) mass is 996 g/mol. The van der Waals surface area contributed by atoms with E-state index in [2.05, 4.69) is 24.7 Å². The number of ketones is 2. The first kappa shape index (κ1) is 48.3. The van der Waals surface area contributed by atoms with Gasteiger partial charge in [0.05, 0.1) is 70.6 Å². The highest BCUT2D eigenvalue weighted by atomic mass is 35.5. The van der Waals surface area contributed by atoms with Crippen molar-refractivity contribution in [2.45, 2.75) is 22.1 Å². The molecule has 0 radical (unpaired) electrons. The largest absolute Gasteiger partial charge is 0.480 e. The van der Waals surface area contributed by atoms with Crippen molar-refractivity contribution >= 4 is 89.4 Å². The van der Waals surface area contributed by atoms with Crippen LogP contribution >= 0.6 is 46.4 Å². The van der Waals surface area contributed by atoms with Crippen molar-refractivity contribution in [1.29, 1.82) is 0 Å². The van der Waals surface area contributed by atoms with Crippen LogP contribution in [0.2, 0.25) is 20.1 Å². The smallest absolute Gasteiger partial charge is 0.417 e. The zero-order valence-corrected chi connectivity index (χ0v) is 35.6. The fourth-order valence-electron chi connectivity index (χ4n) is 5.16. The van der Waals surface area contributed by atoms with Crippen LogP contribution in [0.4, 0.5) is 37.7 Å². The molecule has 330 valence electrons. The summed E-state index contributed by atoms with van der Waals surface area (Å²) in [4.78, 5) is 50.0. The molecule has 0 aliphatic rings. The molecule has 4 heterocycles. The number of nitrogens with zero attached hydrogens (tertiary/aromatic N) is 3. The summed E-state index contributed by atoms with van der Waals surface area (Å²) >= 11 is 22.8. The van der Waals surface area contributed by atoms with Crippen LogP contribution in [-0.4, -0.2) is 55.4 Å². The van der Waals surface area contributed by atoms with Gasteiger partial charge in [-0.15, -0.1) is 0 Å². The van der Waals surface area contributed by atoms with Crippen LogP contribution in [0.3, 0.4) is 0 Å². The van der Waals surface area contributed by atoms with E-state index >= 15 is 0 Å². The topological polar surface area (TPSA) is 207 Å². The molecule has 0 atom stereocenters. The molecule has 0 aliphatic heterocycles. The number of aromatic amines is 1. The van der Waals surface area contributed by atoms with E-state index in [0.717, 1.165) is 48.8 Å². The third kappa shape index (κ3) is 11.4. The van der Waals surface area contributed by atoms with Gasteiger partial charge in [-0.25, -0.2) is 31.8 Å². The number of hydrogen-bond acceptors (Lipinski definition) is 11. The number of rotatable bonds is 11. The zero-order valence-electron chi connectivity index (χ0n) is 30.9. The quantitative estimate of drug-likeness (QED) is 0.0825. The van der Waals surface area contributed by atoms with Crippen molar-refractivity contribution in [3.63, 3.8) is 0 Å². The van der Waals surface area contributed by atoms with Crippen LogP contribution in [-0.2, 0) is 32.4 Å². The number of alkyl halides is 6. The molecule has 0 saturated heterocycles. The lowest BCUT2D eigenvalue weighted by Gasteiger charge is -2.14. The summed E-state index contributed by atoms with van der Waals surface area (Å²) in [5, 5.41) is -1.44. The fraction of sp³-hybridized carbons (Fsp3) is 0.0811. The first-order valence-corrected chi connectivity index (χ1v) is 21.2. The maximum Gasteiger partial charge on any atom is 0.417 e. The summed E-state index contributed by atoms with van der Waals surface area (Å²) in [5.41, 5.74) is -5.40. The Morgan fingerprint density at radius 1 is 0.651 bits per heavy atom. The molecule has 63 heavy (non-hydrogen) atoms. The molecule has 2 aromatic carbocycles. The van der Waals surface area contributed by atoms with Crippen molar-refractivity contribution in [2.24, 2.45) is 0 Å². The first-order valence-electron chi connectivity index (χ1n) is 16.7. The van der Waals surface area contributed by atoms with Crippen molar-refractivity contribution in [3.05, 3.63) is 162 Å². The van der Waals surface area contributed by atoms with Gasteiger partial charge in [-0.1, -0.05) is 46.4 Å². The predicted octanol–water partition coefficient (Wildman–Crippen LogP) is 8.97. The second-order valence-electron chi connectivity index (χ2n) is 12.2. The molecule has 0 spiro atoms. The average Bonchev–Trinajstić information content (AvgIpc) is 3.20. The van der Waals surface area contributed by atoms with Crippen LogP contribution in [0.15, 0.2) is 112 Å². The van der Waals surface area contributed by atoms with E-state index in [4.69, 9.17) is 51.1 Å². The van der Waals surface area contributed by atoms with Gasteiger partial charge in [0.1, 0.15) is 11.4 Å². The normalized spacial score (nSPS) is 11.9. The van der Waals surface area contributed by atoms with Gasteiger partial charge in [-0.05, 0) is 72.8 Å². The van der Waals surface area contributed by atoms with Gasteiger partial charge in [0, 0.05) is 24.8 Å². The van der Waals surface area contributed by atoms with Crippen LogP contribution in [0.25, 0.3) is 0 Å². The lowest BCUT2D eigenvalue weighted by Crippen LogP contribution is -2.21. The number of carbonyl (C=O) groups excluding carboxylic acids is 2. The minimum absolute atomic E-state index is 0.0175. The SMILES string of the molecule is COc1ncccc1C(=O)c1ncc(Cl)cc1NS(=O)(=O)c1ccc(Cl)c(C(F)(F)F)c1.O=C(c1ncc(Cl)cc1NS(=O)(=O)c1ccc(Cl)c(C(F)(F)F)c1)c1ccc[nH]c1=O. The molecule has 0 amide bonds. The van der Waals surface area contributed by atoms with Crippen LogP contribution in [0.5, 0.6) is 5.88 Å². The summed E-state index contributed by atoms with van der Waals surface area (Å²) in [7, 11) is -7.92. The van der Waals surface area contributed by atoms with Crippen molar-refractivity contribution in [2.75, 3.05) is 16.6 Å². The highest BCUT2D eigenvalue weighted by Crippen LogP contribution is 2.38. The number of H-pyrrole nitrogens is 1. The van der Waals surface area contributed by atoms with Crippen molar-refractivity contribution in [3.8, 4) is 5.88 Å². The Morgan fingerprint density at radius 2 is 1.10 bits per heavy atom. The number of aromatic nitrogens is 4. The third-order valence-corrected chi connectivity index (χ3v) is 11.8. The highest BCUT2D eigenvalue weighted by Gasteiger charge is 2.36. The fourth-order valence-corrected chi connectivity index (χ4v) is 8.09. The number of benzene rings is 2. The second kappa shape index (κ2) is 18.9. The minimum atomic E-state index is -4.89. The minimum Gasteiger partial charge on any atom is -0.480 e. The molecule has 26 heteroatoms. The Bertz CT molecular complexity index is 3050. The van der Waals surface area contributed by atoms with E-state index in [0.29, 0.717) is 12.1 Å². The Hall–Kier alpha value is -5.78. The van der Waals surface area contributed by atoms with E-state index < -0.39 is 91.9 Å². The number of nitrogens with one attached hydrogen (secondary N) is 3. The highest BCUT2D eigenvalue weighted by molar-refractivity contribution is 7.93. The Labute approximate surface area is 371 Å². The van der Waals surface area contributed by atoms with Crippen molar-refractivity contribution < 1.29 is 57.5 Å². The Kier molecular flexibility index (Phi) is 14.5. The number of methoxy groups -OCH3 is 1. The number of sulfonamides is 2. The number of carbonyl (C=O) groups is 2. The van der Waals surface area contributed by atoms with E-state index in [1.807, 2.05) is 4.72 Å². The molecule has 0 aliphatic carbocycles. The van der Waals surface area contributed by atoms with Gasteiger partial charge >= 0.3 is 12.4 Å². The van der Waals surface area contributed by atoms with Crippen molar-refractivity contribution in [1.82, 2.24) is 19.9 Å². The lowest BCUT2D eigenvalue weighted by atomic mass is 10.1. The van der Waals surface area contributed by atoms with Gasteiger partial charge in [0.2, 0.25) is 17.4 Å². The molecular formula is C37H22Cl4F6N6O8S2. The number of ether oxygens (including phenoxy) is 1. The van der Waals surface area contributed by atoms with Crippen LogP contribution in [0.1, 0.15) is 43.2 Å². The second-order valence-corrected chi connectivity index (χ2v) is 17.3. The Balaban J connectivity index is 0.000000238. The third-order valence-electron chi connectivity index (χ3n) is 8.01. The molecule has 14 nitrogen and oxygen atoms in total. The first-order chi connectivity index (χ1) is 29.3. The lowest BCUT2D eigenvalue weighted by molar-refractivity contribution is -0.138. The maximum atomic E-state index is 13.1. The molecule has 4 aromatic heterocycles. The van der Waals surface area contributed by atoms with E-state index in [1.54, 1.807) is 0 Å². The molecule has 6 rings (SSSR count). The molecule has 0 fully saturated rings. The van der Waals surface area contributed by atoms with Gasteiger partial charge < -0.3 is 9.72 Å². The van der Waals surface area contributed by atoms with Gasteiger partial charge in [0.25, 0.3) is 25.6 Å². The number of pyridine rings is 4. The summed E-state index contributed by atoms with van der Waals surface area (Å²) in [5.74, 6) is -1.71. The molecule has 0 saturated carbocycles.